The topological polar surface area (TPSA) is 17.1 Å². The minimum Gasteiger partial charge on any atom is -0.293 e. The number of carbonyl (C=O) groups is 1. The average molecular weight is 212 g/mol. The van der Waals surface area contributed by atoms with Crippen LogP contribution in [-0.2, 0) is 0 Å². The van der Waals surface area contributed by atoms with Gasteiger partial charge in [0.25, 0.3) is 0 Å². The number of hydrogen-bond donors (Lipinski definition) is 0. The second-order valence-electron chi connectivity index (χ2n) is 3.52. The van der Waals surface area contributed by atoms with Crippen molar-refractivity contribution >= 4 is 28.9 Å². The highest BCUT2D eigenvalue weighted by molar-refractivity contribution is 8.01. The molecule has 0 amide bonds. The maximum absolute atomic E-state index is 12.0. The fourth-order valence-electron chi connectivity index (χ4n) is 1.66. The number of thiophene rings is 1. The van der Waals surface area contributed by atoms with Crippen LogP contribution in [0.15, 0.2) is 16.8 Å². The Kier molecular flexibility index (Phi) is 2.47. The summed E-state index contributed by atoms with van der Waals surface area (Å²) in [5.41, 5.74) is 0.891. The molecule has 1 aromatic rings. The molecule has 2 heterocycles. The minimum absolute atomic E-state index is 0.138. The molecule has 3 heteroatoms. The van der Waals surface area contributed by atoms with Crippen molar-refractivity contribution in [3.8, 4) is 0 Å². The van der Waals surface area contributed by atoms with Gasteiger partial charge in [-0.1, -0.05) is 0 Å². The molecule has 1 atom stereocenters. The maximum Gasteiger partial charge on any atom is 0.179 e. The highest BCUT2D eigenvalue weighted by Crippen LogP contribution is 2.40. The normalized spacial score (nSPS) is 27.8. The fraction of sp³-hybridized carbons (Fsp3) is 0.500. The Bertz CT molecular complexity index is 297. The standard InChI is InChI=1S/C10H12OS2/c1-10(4-2-5-13-10)9(11)8-3-6-12-7-8/h3,6-7H,2,4-5H2,1H3. The van der Waals surface area contributed by atoms with Gasteiger partial charge >= 0.3 is 0 Å². The smallest absolute Gasteiger partial charge is 0.179 e. The molecule has 1 aliphatic rings. The number of rotatable bonds is 2. The third-order valence-electron chi connectivity index (χ3n) is 2.48. The summed E-state index contributed by atoms with van der Waals surface area (Å²) < 4.78 is -0.138. The van der Waals surface area contributed by atoms with Gasteiger partial charge in [0.05, 0.1) is 4.75 Å². The largest absolute Gasteiger partial charge is 0.293 e. The van der Waals surface area contributed by atoms with Crippen LogP contribution in [0.3, 0.4) is 0 Å². The number of ketones is 1. The summed E-state index contributed by atoms with van der Waals surface area (Å²) in [5, 5.41) is 3.92. The lowest BCUT2D eigenvalue weighted by Gasteiger charge is -2.19. The van der Waals surface area contributed by atoms with E-state index in [-0.39, 0.29) is 4.75 Å². The first kappa shape index (κ1) is 9.28. The summed E-state index contributed by atoms with van der Waals surface area (Å²) in [6.45, 7) is 2.07. The van der Waals surface area contributed by atoms with Crippen molar-refractivity contribution < 1.29 is 4.79 Å². The molecule has 1 saturated heterocycles. The summed E-state index contributed by atoms with van der Waals surface area (Å²) in [6, 6.07) is 1.93. The molecule has 1 nitrogen and oxygen atoms in total. The molecule has 1 aromatic heterocycles. The number of carbonyl (C=O) groups excluding carboxylic acids is 1. The van der Waals surface area contributed by atoms with Crippen LogP contribution in [-0.4, -0.2) is 16.3 Å². The van der Waals surface area contributed by atoms with E-state index in [0.717, 1.165) is 17.7 Å². The van der Waals surface area contributed by atoms with Crippen LogP contribution < -0.4 is 0 Å². The molecule has 0 N–H and O–H groups in total. The van der Waals surface area contributed by atoms with Crippen LogP contribution >= 0.6 is 23.1 Å². The van der Waals surface area contributed by atoms with Crippen molar-refractivity contribution in [2.24, 2.45) is 0 Å². The first-order valence-corrected chi connectivity index (χ1v) is 6.36. The van der Waals surface area contributed by atoms with Gasteiger partial charge in [-0.05, 0) is 37.0 Å². The van der Waals surface area contributed by atoms with E-state index in [4.69, 9.17) is 0 Å². The zero-order valence-electron chi connectivity index (χ0n) is 7.58. The van der Waals surface area contributed by atoms with Crippen LogP contribution in [0.5, 0.6) is 0 Å². The van der Waals surface area contributed by atoms with Gasteiger partial charge in [0.1, 0.15) is 0 Å². The van der Waals surface area contributed by atoms with Gasteiger partial charge < -0.3 is 0 Å². The van der Waals surface area contributed by atoms with Gasteiger partial charge in [-0.3, -0.25) is 4.79 Å². The summed E-state index contributed by atoms with van der Waals surface area (Å²) >= 11 is 3.40. The quantitative estimate of drug-likeness (QED) is 0.700. The third kappa shape index (κ3) is 1.67. The SMILES string of the molecule is CC1(C(=O)c2ccsc2)CCCS1. The van der Waals surface area contributed by atoms with Crippen molar-refractivity contribution in [2.45, 2.75) is 24.5 Å². The Balaban J connectivity index is 2.21. The average Bonchev–Trinajstić information content (AvgIpc) is 2.73. The Morgan fingerprint density at radius 1 is 1.62 bits per heavy atom. The molecule has 70 valence electrons. The summed E-state index contributed by atoms with van der Waals surface area (Å²) in [4.78, 5) is 12.0. The molecule has 13 heavy (non-hydrogen) atoms. The van der Waals surface area contributed by atoms with Crippen LogP contribution in [0.25, 0.3) is 0 Å². The van der Waals surface area contributed by atoms with Crippen molar-refractivity contribution in [3.05, 3.63) is 22.4 Å². The maximum atomic E-state index is 12.0. The second-order valence-corrected chi connectivity index (χ2v) is 5.90. The van der Waals surface area contributed by atoms with Crippen molar-refractivity contribution in [3.63, 3.8) is 0 Å². The predicted molar refractivity (Wildman–Crippen MR) is 58.7 cm³/mol. The molecule has 0 saturated carbocycles. The Morgan fingerprint density at radius 2 is 2.46 bits per heavy atom. The van der Waals surface area contributed by atoms with E-state index in [1.165, 1.54) is 6.42 Å². The van der Waals surface area contributed by atoms with Crippen LogP contribution in [0, 0.1) is 0 Å². The second kappa shape index (κ2) is 3.46. The molecule has 0 spiro atoms. The monoisotopic (exact) mass is 212 g/mol. The predicted octanol–water partition coefficient (Wildman–Crippen LogP) is 3.22. The molecule has 0 aliphatic carbocycles. The Labute approximate surface area is 86.5 Å². The number of thioether (sulfide) groups is 1. The van der Waals surface area contributed by atoms with Crippen molar-refractivity contribution in [2.75, 3.05) is 5.75 Å². The van der Waals surface area contributed by atoms with Gasteiger partial charge in [-0.15, -0.1) is 11.8 Å². The van der Waals surface area contributed by atoms with E-state index in [9.17, 15) is 4.79 Å². The molecule has 0 radical (unpaired) electrons. The van der Waals surface area contributed by atoms with Crippen LogP contribution in [0.4, 0.5) is 0 Å². The van der Waals surface area contributed by atoms with E-state index < -0.39 is 0 Å². The van der Waals surface area contributed by atoms with Crippen LogP contribution in [0.1, 0.15) is 30.1 Å². The lowest BCUT2D eigenvalue weighted by atomic mass is 9.96. The summed E-state index contributed by atoms with van der Waals surface area (Å²) in [5.74, 6) is 1.45. The molecule has 0 aromatic carbocycles. The molecule has 1 fully saturated rings. The highest BCUT2D eigenvalue weighted by atomic mass is 32.2. The fourth-order valence-corrected chi connectivity index (χ4v) is 3.57. The number of Topliss-reactive ketones (excluding diaryl/α,β-unsaturated/α-hetero) is 1. The first-order chi connectivity index (χ1) is 6.22. The highest BCUT2D eigenvalue weighted by Gasteiger charge is 2.37. The molecular formula is C10H12OS2. The van der Waals surface area contributed by atoms with E-state index in [1.54, 1.807) is 23.1 Å². The molecule has 1 aliphatic heterocycles. The van der Waals surface area contributed by atoms with E-state index in [2.05, 4.69) is 6.92 Å². The summed E-state index contributed by atoms with van der Waals surface area (Å²) in [6.07, 6.45) is 2.21. The van der Waals surface area contributed by atoms with Gasteiger partial charge in [0.2, 0.25) is 0 Å². The lowest BCUT2D eigenvalue weighted by Crippen LogP contribution is -2.28. The zero-order chi connectivity index (χ0) is 9.31. The minimum atomic E-state index is -0.138. The Morgan fingerprint density at radius 3 is 3.00 bits per heavy atom. The van der Waals surface area contributed by atoms with Gasteiger partial charge in [0.15, 0.2) is 5.78 Å². The van der Waals surface area contributed by atoms with Gasteiger partial charge in [-0.2, -0.15) is 11.3 Å². The molecule has 2 rings (SSSR count). The van der Waals surface area contributed by atoms with Crippen molar-refractivity contribution in [1.82, 2.24) is 0 Å². The van der Waals surface area contributed by atoms with Gasteiger partial charge in [-0.25, -0.2) is 0 Å². The first-order valence-electron chi connectivity index (χ1n) is 4.43. The molecule has 0 bridgehead atoms. The molecule has 1 unspecified atom stereocenters. The zero-order valence-corrected chi connectivity index (χ0v) is 9.21. The summed E-state index contributed by atoms with van der Waals surface area (Å²) in [7, 11) is 0. The Hall–Kier alpha value is -0.280. The number of hydrogen-bond acceptors (Lipinski definition) is 3. The van der Waals surface area contributed by atoms with Gasteiger partial charge in [0, 0.05) is 10.9 Å². The molecular weight excluding hydrogens is 200 g/mol. The van der Waals surface area contributed by atoms with E-state index >= 15 is 0 Å². The van der Waals surface area contributed by atoms with E-state index in [0.29, 0.717) is 5.78 Å². The van der Waals surface area contributed by atoms with Crippen molar-refractivity contribution in [1.29, 1.82) is 0 Å². The lowest BCUT2D eigenvalue weighted by molar-refractivity contribution is 0.0949. The van der Waals surface area contributed by atoms with Crippen LogP contribution in [0.2, 0.25) is 0 Å². The third-order valence-corrected chi connectivity index (χ3v) is 4.69. The van der Waals surface area contributed by atoms with E-state index in [1.807, 2.05) is 16.8 Å².